The Kier molecular flexibility index (Phi) is 5.59. The molecule has 0 bridgehead atoms. The predicted octanol–water partition coefficient (Wildman–Crippen LogP) is 2.63. The van der Waals surface area contributed by atoms with Crippen molar-refractivity contribution >= 4 is 5.82 Å². The molecule has 1 atom stereocenters. The Morgan fingerprint density at radius 3 is 2.90 bits per heavy atom. The summed E-state index contributed by atoms with van der Waals surface area (Å²) >= 11 is 0. The van der Waals surface area contributed by atoms with Gasteiger partial charge >= 0.3 is 0 Å². The first kappa shape index (κ1) is 16.2. The summed E-state index contributed by atoms with van der Waals surface area (Å²) in [5.74, 6) is 1.08. The number of rotatable bonds is 5. The van der Waals surface area contributed by atoms with Crippen molar-refractivity contribution in [3.63, 3.8) is 0 Å². The van der Waals surface area contributed by atoms with E-state index in [9.17, 15) is 5.11 Å². The van der Waals surface area contributed by atoms with Crippen LogP contribution in [0.25, 0.3) is 0 Å². The van der Waals surface area contributed by atoms with Crippen LogP contribution in [0.3, 0.4) is 0 Å². The van der Waals surface area contributed by atoms with Crippen LogP contribution >= 0.6 is 0 Å². The molecule has 2 heterocycles. The summed E-state index contributed by atoms with van der Waals surface area (Å²) in [7, 11) is 0. The summed E-state index contributed by atoms with van der Waals surface area (Å²) in [6, 6.07) is 2.23. The van der Waals surface area contributed by atoms with Crippen molar-refractivity contribution in [1.82, 2.24) is 10.3 Å². The average molecular weight is 291 g/mol. The van der Waals surface area contributed by atoms with E-state index in [4.69, 9.17) is 0 Å². The molecule has 0 saturated carbocycles. The second-order valence-corrected chi connectivity index (χ2v) is 6.50. The van der Waals surface area contributed by atoms with Crippen LogP contribution in [0.2, 0.25) is 0 Å². The van der Waals surface area contributed by atoms with Crippen molar-refractivity contribution in [2.45, 2.75) is 58.6 Å². The molecular weight excluding hydrogens is 262 g/mol. The highest BCUT2D eigenvalue weighted by atomic mass is 16.3. The van der Waals surface area contributed by atoms with Gasteiger partial charge in [-0.25, -0.2) is 4.98 Å². The number of aliphatic hydroxyl groups is 1. The molecule has 118 valence electrons. The van der Waals surface area contributed by atoms with E-state index in [1.165, 1.54) is 11.1 Å². The molecule has 0 radical (unpaired) electrons. The third-order valence-corrected chi connectivity index (χ3v) is 4.23. The van der Waals surface area contributed by atoms with Crippen LogP contribution < -0.4 is 10.2 Å². The number of hydrogen-bond donors (Lipinski definition) is 2. The van der Waals surface area contributed by atoms with Gasteiger partial charge in [-0.15, -0.1) is 0 Å². The molecule has 1 unspecified atom stereocenters. The molecule has 0 aliphatic carbocycles. The van der Waals surface area contributed by atoms with Gasteiger partial charge in [0.25, 0.3) is 0 Å². The number of aromatic nitrogens is 1. The molecule has 2 N–H and O–H groups in total. The van der Waals surface area contributed by atoms with E-state index in [1.807, 2.05) is 13.1 Å². The molecule has 1 aliphatic rings. The maximum atomic E-state index is 10.2. The van der Waals surface area contributed by atoms with Crippen molar-refractivity contribution < 1.29 is 5.11 Å². The van der Waals surface area contributed by atoms with E-state index in [-0.39, 0.29) is 0 Å². The number of anilines is 1. The van der Waals surface area contributed by atoms with Crippen molar-refractivity contribution in [1.29, 1.82) is 0 Å². The zero-order valence-electron chi connectivity index (χ0n) is 13.7. The topological polar surface area (TPSA) is 48.4 Å². The standard InChI is InChI=1S/C17H29N3O/c1-4-8-18-12-15-11-14(2)16(19-13-15)20-9-5-6-17(3,21)7-10-20/h11,13,18,21H,4-10,12H2,1-3H3. The van der Waals surface area contributed by atoms with E-state index in [2.05, 4.69) is 35.1 Å². The highest BCUT2D eigenvalue weighted by molar-refractivity contribution is 5.47. The van der Waals surface area contributed by atoms with Crippen LogP contribution in [0.5, 0.6) is 0 Å². The summed E-state index contributed by atoms with van der Waals surface area (Å²) in [4.78, 5) is 6.99. The molecule has 1 aromatic heterocycles. The monoisotopic (exact) mass is 291 g/mol. The second-order valence-electron chi connectivity index (χ2n) is 6.50. The van der Waals surface area contributed by atoms with Gasteiger partial charge in [-0.3, -0.25) is 0 Å². The van der Waals surface area contributed by atoms with Crippen LogP contribution in [0.4, 0.5) is 5.82 Å². The summed E-state index contributed by atoms with van der Waals surface area (Å²) in [6.07, 6.45) is 5.84. The summed E-state index contributed by atoms with van der Waals surface area (Å²) in [5.41, 5.74) is 1.95. The van der Waals surface area contributed by atoms with Crippen molar-refractivity contribution in [3.05, 3.63) is 23.4 Å². The predicted molar refractivity (Wildman–Crippen MR) is 87.7 cm³/mol. The fourth-order valence-electron chi connectivity index (χ4n) is 2.94. The Hall–Kier alpha value is -1.13. The van der Waals surface area contributed by atoms with Gasteiger partial charge in [-0.2, -0.15) is 0 Å². The molecule has 0 amide bonds. The van der Waals surface area contributed by atoms with Gasteiger partial charge in [-0.05, 0) is 63.3 Å². The lowest BCUT2D eigenvalue weighted by molar-refractivity contribution is 0.0481. The van der Waals surface area contributed by atoms with Gasteiger partial charge in [-0.1, -0.05) is 6.92 Å². The smallest absolute Gasteiger partial charge is 0.131 e. The van der Waals surface area contributed by atoms with E-state index >= 15 is 0 Å². The molecule has 1 saturated heterocycles. The average Bonchev–Trinajstić information content (AvgIpc) is 2.60. The molecule has 1 aromatic rings. The first-order valence-corrected chi connectivity index (χ1v) is 8.15. The molecule has 4 heteroatoms. The van der Waals surface area contributed by atoms with Gasteiger partial charge in [0, 0.05) is 25.8 Å². The minimum absolute atomic E-state index is 0.521. The van der Waals surface area contributed by atoms with Gasteiger partial charge in [0.1, 0.15) is 5.82 Å². The second kappa shape index (κ2) is 7.23. The quantitative estimate of drug-likeness (QED) is 0.819. The van der Waals surface area contributed by atoms with Crippen molar-refractivity contribution in [2.24, 2.45) is 0 Å². The van der Waals surface area contributed by atoms with E-state index < -0.39 is 5.60 Å². The minimum atomic E-state index is -0.521. The number of nitrogens with one attached hydrogen (secondary N) is 1. The first-order chi connectivity index (χ1) is 10.0. The van der Waals surface area contributed by atoms with Crippen LogP contribution in [0, 0.1) is 6.92 Å². The lowest BCUT2D eigenvalue weighted by atomic mass is 9.98. The van der Waals surface area contributed by atoms with E-state index in [0.717, 1.165) is 57.7 Å². The van der Waals surface area contributed by atoms with Crippen LogP contribution in [-0.2, 0) is 6.54 Å². The Morgan fingerprint density at radius 2 is 2.19 bits per heavy atom. The van der Waals surface area contributed by atoms with Crippen LogP contribution in [0.15, 0.2) is 12.3 Å². The van der Waals surface area contributed by atoms with E-state index in [0.29, 0.717) is 0 Å². The number of aryl methyl sites for hydroxylation is 1. The Morgan fingerprint density at radius 1 is 1.38 bits per heavy atom. The van der Waals surface area contributed by atoms with E-state index in [1.54, 1.807) is 0 Å². The number of pyridine rings is 1. The third kappa shape index (κ3) is 4.68. The highest BCUT2D eigenvalue weighted by Gasteiger charge is 2.25. The van der Waals surface area contributed by atoms with Gasteiger partial charge < -0.3 is 15.3 Å². The zero-order chi connectivity index (χ0) is 15.3. The van der Waals surface area contributed by atoms with Gasteiger partial charge in [0.2, 0.25) is 0 Å². The lowest BCUT2D eigenvalue weighted by Gasteiger charge is -2.25. The molecule has 0 aromatic carbocycles. The number of hydrogen-bond acceptors (Lipinski definition) is 4. The zero-order valence-corrected chi connectivity index (χ0v) is 13.7. The number of nitrogens with zero attached hydrogens (tertiary/aromatic N) is 2. The van der Waals surface area contributed by atoms with Crippen molar-refractivity contribution in [2.75, 3.05) is 24.5 Å². The lowest BCUT2D eigenvalue weighted by Crippen LogP contribution is -2.29. The van der Waals surface area contributed by atoms with Crippen LogP contribution in [-0.4, -0.2) is 35.3 Å². The third-order valence-electron chi connectivity index (χ3n) is 4.23. The fourth-order valence-corrected chi connectivity index (χ4v) is 2.94. The summed E-state index contributed by atoms with van der Waals surface area (Å²) < 4.78 is 0. The van der Waals surface area contributed by atoms with Gasteiger partial charge in [0.15, 0.2) is 0 Å². The fraction of sp³-hybridized carbons (Fsp3) is 0.706. The Labute approximate surface area is 128 Å². The maximum absolute atomic E-state index is 10.2. The Balaban J connectivity index is 2.03. The molecule has 0 spiro atoms. The van der Waals surface area contributed by atoms with Gasteiger partial charge in [0.05, 0.1) is 5.60 Å². The Bertz CT molecular complexity index is 459. The largest absolute Gasteiger partial charge is 0.390 e. The minimum Gasteiger partial charge on any atom is -0.390 e. The molecular formula is C17H29N3O. The highest BCUT2D eigenvalue weighted by Crippen LogP contribution is 2.26. The molecule has 4 nitrogen and oxygen atoms in total. The molecule has 2 rings (SSSR count). The molecule has 21 heavy (non-hydrogen) atoms. The normalized spacial score (nSPS) is 23.1. The summed E-state index contributed by atoms with van der Waals surface area (Å²) in [6.45, 7) is 10.0. The summed E-state index contributed by atoms with van der Waals surface area (Å²) in [5, 5.41) is 13.6. The maximum Gasteiger partial charge on any atom is 0.131 e. The van der Waals surface area contributed by atoms with Crippen molar-refractivity contribution in [3.8, 4) is 0 Å². The van der Waals surface area contributed by atoms with Crippen LogP contribution in [0.1, 0.15) is 50.7 Å². The SMILES string of the molecule is CCCNCc1cnc(N2CCCC(C)(O)CC2)c(C)c1. The first-order valence-electron chi connectivity index (χ1n) is 8.15. The molecule has 1 fully saturated rings. The molecule has 1 aliphatic heterocycles.